The third-order valence-corrected chi connectivity index (χ3v) is 7.70. The number of hydrazine groups is 1. The number of amides is 2. The molecule has 2 aromatic heterocycles. The van der Waals surface area contributed by atoms with Gasteiger partial charge in [0.15, 0.2) is 5.16 Å². The lowest BCUT2D eigenvalue weighted by Gasteiger charge is -2.18. The fourth-order valence-electron chi connectivity index (χ4n) is 3.84. The van der Waals surface area contributed by atoms with Gasteiger partial charge in [0.05, 0.1) is 11.1 Å². The third kappa shape index (κ3) is 4.56. The number of aryl methyl sites for hydroxylation is 2. The Balaban J connectivity index is 1.49. The number of nitrogens with zero attached hydrogens (tertiary/aromatic N) is 2. The zero-order valence-corrected chi connectivity index (χ0v) is 19.4. The summed E-state index contributed by atoms with van der Waals surface area (Å²) in [4.78, 5) is 44.2. The van der Waals surface area contributed by atoms with Crippen molar-refractivity contribution in [1.82, 2.24) is 20.4 Å². The zero-order valence-electron chi connectivity index (χ0n) is 17.7. The lowest BCUT2D eigenvalue weighted by atomic mass is 10.2. The Kier molecular flexibility index (Phi) is 6.61. The van der Waals surface area contributed by atoms with E-state index in [1.165, 1.54) is 47.4 Å². The molecule has 1 aliphatic rings. The molecule has 7 nitrogen and oxygen atoms in total. The molecule has 4 rings (SSSR count). The van der Waals surface area contributed by atoms with Gasteiger partial charge in [-0.05, 0) is 56.5 Å². The van der Waals surface area contributed by atoms with Crippen LogP contribution in [0.1, 0.15) is 52.5 Å². The summed E-state index contributed by atoms with van der Waals surface area (Å²) in [5.74, 6) is -1.44. The highest BCUT2D eigenvalue weighted by Gasteiger charge is 2.25. The van der Waals surface area contributed by atoms with Crippen LogP contribution in [0.3, 0.4) is 0 Å². The minimum Gasteiger partial charge on any atom is -0.284 e. The Morgan fingerprint density at radius 2 is 1.88 bits per heavy atom. The lowest BCUT2D eigenvalue weighted by molar-refractivity contribution is -0.119. The van der Waals surface area contributed by atoms with Crippen LogP contribution in [0.25, 0.3) is 10.2 Å². The van der Waals surface area contributed by atoms with Crippen LogP contribution >= 0.6 is 23.1 Å². The van der Waals surface area contributed by atoms with E-state index < -0.39 is 17.6 Å². The Bertz CT molecular complexity index is 1230. The predicted octanol–water partition coefficient (Wildman–Crippen LogP) is 3.88. The molecular weight excluding hydrogens is 451 g/mol. The number of nitrogens with one attached hydrogen (secondary N) is 2. The third-order valence-electron chi connectivity index (χ3n) is 5.65. The van der Waals surface area contributed by atoms with Crippen molar-refractivity contribution in [2.75, 3.05) is 5.75 Å². The van der Waals surface area contributed by atoms with Gasteiger partial charge < -0.3 is 0 Å². The largest absolute Gasteiger partial charge is 0.284 e. The van der Waals surface area contributed by atoms with E-state index in [0.717, 1.165) is 36.1 Å². The maximum atomic E-state index is 13.3. The van der Waals surface area contributed by atoms with Gasteiger partial charge in [0.1, 0.15) is 10.6 Å². The van der Waals surface area contributed by atoms with Crippen LogP contribution < -0.4 is 16.4 Å². The van der Waals surface area contributed by atoms with Gasteiger partial charge in [0, 0.05) is 16.5 Å². The minimum absolute atomic E-state index is 0.0162. The molecule has 2 amide bonds. The summed E-state index contributed by atoms with van der Waals surface area (Å²) in [6.45, 7) is 3.92. The Hall–Kier alpha value is -2.72. The summed E-state index contributed by atoms with van der Waals surface area (Å²) in [6.07, 6.45) is 3.97. The van der Waals surface area contributed by atoms with Crippen molar-refractivity contribution < 1.29 is 14.0 Å². The van der Waals surface area contributed by atoms with Gasteiger partial charge in [-0.3, -0.25) is 29.8 Å². The number of carbonyl (C=O) groups excluding carboxylic acids is 2. The molecule has 2 N–H and O–H groups in total. The Morgan fingerprint density at radius 3 is 2.56 bits per heavy atom. The Morgan fingerprint density at radius 1 is 1.19 bits per heavy atom. The first-order valence-corrected chi connectivity index (χ1v) is 12.1. The van der Waals surface area contributed by atoms with Crippen LogP contribution in [0.5, 0.6) is 0 Å². The molecule has 1 aromatic carbocycles. The van der Waals surface area contributed by atoms with Crippen LogP contribution in [0.15, 0.2) is 34.2 Å². The highest BCUT2D eigenvalue weighted by atomic mass is 32.2. The van der Waals surface area contributed by atoms with E-state index in [9.17, 15) is 18.8 Å². The SMILES string of the molecule is Cc1sc2nc(SCC(=O)NNC(=O)c3ccc(F)cc3)n(C3CCCC3)c(=O)c2c1C. The smallest absolute Gasteiger partial charge is 0.269 e. The van der Waals surface area contributed by atoms with Crippen LogP contribution in [0, 0.1) is 19.7 Å². The first kappa shape index (κ1) is 22.5. The van der Waals surface area contributed by atoms with Crippen molar-refractivity contribution >= 4 is 45.1 Å². The number of thiophene rings is 1. The molecule has 0 spiro atoms. The number of thioether (sulfide) groups is 1. The fourth-order valence-corrected chi connectivity index (χ4v) is 5.78. The number of fused-ring (bicyclic) bond motifs is 1. The molecule has 168 valence electrons. The number of benzene rings is 1. The standard InChI is InChI=1S/C22H23FN4O3S2/c1-12-13(2)32-20-18(12)21(30)27(16-5-3-4-6-16)22(24-20)31-11-17(28)25-26-19(29)14-7-9-15(23)10-8-14/h7-10,16H,3-6,11H2,1-2H3,(H,25,28)(H,26,29). The second-order valence-electron chi connectivity index (χ2n) is 7.77. The van der Waals surface area contributed by atoms with E-state index >= 15 is 0 Å². The molecule has 1 fully saturated rings. The van der Waals surface area contributed by atoms with Crippen LogP contribution in [0.2, 0.25) is 0 Å². The number of hydrogen-bond donors (Lipinski definition) is 2. The average molecular weight is 475 g/mol. The number of carbonyl (C=O) groups is 2. The summed E-state index contributed by atoms with van der Waals surface area (Å²) in [6, 6.07) is 5.09. The van der Waals surface area contributed by atoms with Gasteiger partial charge >= 0.3 is 0 Å². The second kappa shape index (κ2) is 9.41. The molecule has 0 radical (unpaired) electrons. The Labute approximate surface area is 192 Å². The van der Waals surface area contributed by atoms with Crippen LogP contribution in [-0.2, 0) is 4.79 Å². The average Bonchev–Trinajstić information content (AvgIpc) is 3.39. The quantitative estimate of drug-likeness (QED) is 0.333. The van der Waals surface area contributed by atoms with Crippen LogP contribution in [0.4, 0.5) is 4.39 Å². The zero-order chi connectivity index (χ0) is 22.8. The van der Waals surface area contributed by atoms with Crippen molar-refractivity contribution in [3.63, 3.8) is 0 Å². The monoisotopic (exact) mass is 474 g/mol. The van der Waals surface area contributed by atoms with Crippen molar-refractivity contribution in [2.45, 2.75) is 50.7 Å². The van der Waals surface area contributed by atoms with E-state index in [1.54, 1.807) is 4.57 Å². The van der Waals surface area contributed by atoms with Crippen molar-refractivity contribution in [3.05, 3.63) is 56.4 Å². The normalized spacial score (nSPS) is 14.1. The predicted molar refractivity (Wildman–Crippen MR) is 124 cm³/mol. The first-order valence-electron chi connectivity index (χ1n) is 10.3. The van der Waals surface area contributed by atoms with Crippen molar-refractivity contribution in [1.29, 1.82) is 0 Å². The van der Waals surface area contributed by atoms with E-state index in [1.807, 2.05) is 13.8 Å². The van der Waals surface area contributed by atoms with E-state index in [0.29, 0.717) is 15.4 Å². The lowest BCUT2D eigenvalue weighted by Crippen LogP contribution is -2.42. The van der Waals surface area contributed by atoms with Gasteiger partial charge in [-0.15, -0.1) is 11.3 Å². The molecule has 0 bridgehead atoms. The number of rotatable bonds is 5. The molecule has 1 saturated carbocycles. The highest BCUT2D eigenvalue weighted by Crippen LogP contribution is 2.34. The first-order chi connectivity index (χ1) is 15.3. The van der Waals surface area contributed by atoms with Gasteiger partial charge in [0.2, 0.25) is 5.91 Å². The summed E-state index contributed by atoms with van der Waals surface area (Å²) in [7, 11) is 0. The number of halogens is 1. The molecule has 0 saturated heterocycles. The van der Waals surface area contributed by atoms with Gasteiger partial charge in [-0.25, -0.2) is 9.37 Å². The molecule has 0 aliphatic heterocycles. The summed E-state index contributed by atoms with van der Waals surface area (Å²) >= 11 is 2.66. The molecule has 10 heteroatoms. The highest BCUT2D eigenvalue weighted by molar-refractivity contribution is 7.99. The molecule has 3 aromatic rings. The van der Waals surface area contributed by atoms with E-state index in [-0.39, 0.29) is 22.9 Å². The van der Waals surface area contributed by atoms with E-state index in [4.69, 9.17) is 4.98 Å². The van der Waals surface area contributed by atoms with Crippen molar-refractivity contribution in [2.24, 2.45) is 0 Å². The fraction of sp³-hybridized carbons (Fsp3) is 0.364. The van der Waals surface area contributed by atoms with Gasteiger partial charge in [-0.1, -0.05) is 24.6 Å². The molecule has 32 heavy (non-hydrogen) atoms. The molecule has 2 heterocycles. The maximum absolute atomic E-state index is 13.3. The molecular formula is C22H23FN4O3S2. The van der Waals surface area contributed by atoms with Gasteiger partial charge in [0.25, 0.3) is 11.5 Å². The summed E-state index contributed by atoms with van der Waals surface area (Å²) in [5, 5.41) is 1.19. The number of hydrogen-bond acceptors (Lipinski definition) is 6. The van der Waals surface area contributed by atoms with Crippen molar-refractivity contribution in [3.8, 4) is 0 Å². The summed E-state index contributed by atoms with van der Waals surface area (Å²) in [5.41, 5.74) is 5.82. The van der Waals surface area contributed by atoms with E-state index in [2.05, 4.69) is 10.9 Å². The molecule has 0 atom stereocenters. The minimum atomic E-state index is -0.546. The topological polar surface area (TPSA) is 93.1 Å². The molecule has 0 unspecified atom stereocenters. The maximum Gasteiger partial charge on any atom is 0.269 e. The number of aromatic nitrogens is 2. The summed E-state index contributed by atoms with van der Waals surface area (Å²) < 4.78 is 14.7. The van der Waals surface area contributed by atoms with Gasteiger partial charge in [-0.2, -0.15) is 0 Å². The second-order valence-corrected chi connectivity index (χ2v) is 9.91. The molecule has 1 aliphatic carbocycles. The van der Waals surface area contributed by atoms with Crippen LogP contribution in [-0.4, -0.2) is 27.1 Å².